The average molecular weight is 287 g/mol. The highest BCUT2D eigenvalue weighted by molar-refractivity contribution is 9.10. The maximum absolute atomic E-state index is 13.6. The molecule has 2 aromatic rings. The Morgan fingerprint density at radius 1 is 1.62 bits per heavy atom. The predicted molar refractivity (Wildman–Crippen MR) is 59.7 cm³/mol. The van der Waals surface area contributed by atoms with Crippen molar-refractivity contribution in [2.24, 2.45) is 0 Å². The molecule has 0 saturated heterocycles. The summed E-state index contributed by atoms with van der Waals surface area (Å²) in [7, 11) is 0. The van der Waals surface area contributed by atoms with E-state index in [0.29, 0.717) is 9.86 Å². The van der Waals surface area contributed by atoms with Gasteiger partial charge in [-0.15, -0.1) is 0 Å². The lowest BCUT2D eigenvalue weighted by atomic mass is 10.2. The molecule has 0 saturated carbocycles. The number of H-pyrrole nitrogens is 1. The van der Waals surface area contributed by atoms with Crippen LogP contribution in [-0.2, 0) is 4.74 Å². The normalized spacial score (nSPS) is 10.7. The molecule has 0 aliphatic carbocycles. The van der Waals surface area contributed by atoms with E-state index in [9.17, 15) is 9.18 Å². The first-order valence-electron chi connectivity index (χ1n) is 4.64. The summed E-state index contributed by atoms with van der Waals surface area (Å²) >= 11 is 3.05. The molecule has 1 aromatic carbocycles. The zero-order valence-corrected chi connectivity index (χ0v) is 9.97. The molecule has 6 heteroatoms. The molecule has 0 spiro atoms. The Morgan fingerprint density at radius 2 is 2.38 bits per heavy atom. The van der Waals surface area contributed by atoms with Crippen molar-refractivity contribution in [1.29, 1.82) is 0 Å². The first kappa shape index (κ1) is 11.1. The first-order chi connectivity index (χ1) is 7.65. The summed E-state index contributed by atoms with van der Waals surface area (Å²) in [6, 6.07) is 3.13. The highest BCUT2D eigenvalue weighted by Gasteiger charge is 2.17. The van der Waals surface area contributed by atoms with Crippen molar-refractivity contribution < 1.29 is 13.9 Å². The number of halogens is 2. The second-order valence-electron chi connectivity index (χ2n) is 3.08. The second kappa shape index (κ2) is 4.21. The van der Waals surface area contributed by atoms with E-state index >= 15 is 0 Å². The maximum Gasteiger partial charge on any atom is 0.356 e. The highest BCUT2D eigenvalue weighted by atomic mass is 79.9. The van der Waals surface area contributed by atoms with Gasteiger partial charge in [0.15, 0.2) is 11.5 Å². The van der Waals surface area contributed by atoms with E-state index in [-0.39, 0.29) is 17.8 Å². The molecule has 0 bridgehead atoms. The van der Waals surface area contributed by atoms with Crippen LogP contribution in [0.4, 0.5) is 4.39 Å². The first-order valence-corrected chi connectivity index (χ1v) is 5.43. The number of carbonyl (C=O) groups is 1. The molecule has 0 amide bonds. The van der Waals surface area contributed by atoms with E-state index in [0.717, 1.165) is 0 Å². The summed E-state index contributed by atoms with van der Waals surface area (Å²) in [6.45, 7) is 1.96. The maximum atomic E-state index is 13.6. The van der Waals surface area contributed by atoms with Gasteiger partial charge in [0.05, 0.1) is 11.1 Å². The van der Waals surface area contributed by atoms with Crippen LogP contribution in [0.2, 0.25) is 0 Å². The molecule has 84 valence electrons. The van der Waals surface area contributed by atoms with Gasteiger partial charge in [-0.3, -0.25) is 5.10 Å². The molecular formula is C10H8BrFN2O2. The zero-order valence-electron chi connectivity index (χ0n) is 8.38. The number of hydrogen-bond donors (Lipinski definition) is 1. The molecule has 4 nitrogen and oxygen atoms in total. The molecule has 0 aliphatic rings. The number of ether oxygens (including phenoxy) is 1. The van der Waals surface area contributed by atoms with Crippen LogP contribution in [0.15, 0.2) is 16.6 Å². The quantitative estimate of drug-likeness (QED) is 0.864. The lowest BCUT2D eigenvalue weighted by Crippen LogP contribution is -2.05. The molecule has 1 aromatic heterocycles. The summed E-state index contributed by atoms with van der Waals surface area (Å²) in [4.78, 5) is 11.5. The Balaban J connectivity index is 2.58. The molecular weight excluding hydrogens is 279 g/mol. The van der Waals surface area contributed by atoms with E-state index in [1.165, 1.54) is 6.07 Å². The summed E-state index contributed by atoms with van der Waals surface area (Å²) in [5, 5.41) is 6.65. The fraction of sp³-hybridized carbons (Fsp3) is 0.200. The van der Waals surface area contributed by atoms with Crippen LogP contribution in [0.25, 0.3) is 10.9 Å². The van der Waals surface area contributed by atoms with Gasteiger partial charge in [0.2, 0.25) is 0 Å². The fourth-order valence-corrected chi connectivity index (χ4v) is 1.70. The molecule has 1 heterocycles. The largest absolute Gasteiger partial charge is 0.461 e. The highest BCUT2D eigenvalue weighted by Crippen LogP contribution is 2.25. The number of aromatic amines is 1. The van der Waals surface area contributed by atoms with Crippen molar-refractivity contribution in [3.63, 3.8) is 0 Å². The predicted octanol–water partition coefficient (Wildman–Crippen LogP) is 2.64. The molecule has 0 radical (unpaired) electrons. The van der Waals surface area contributed by atoms with Crippen LogP contribution in [0.3, 0.4) is 0 Å². The Bertz CT molecular complexity index is 553. The summed E-state index contributed by atoms with van der Waals surface area (Å²) in [5.41, 5.74) is 0.292. The summed E-state index contributed by atoms with van der Waals surface area (Å²) in [6.07, 6.45) is 0. The molecule has 2 rings (SSSR count). The number of aromatic nitrogens is 2. The third-order valence-electron chi connectivity index (χ3n) is 2.10. The van der Waals surface area contributed by atoms with Gasteiger partial charge < -0.3 is 4.74 Å². The second-order valence-corrected chi connectivity index (χ2v) is 3.93. The number of hydrogen-bond acceptors (Lipinski definition) is 3. The van der Waals surface area contributed by atoms with Gasteiger partial charge in [-0.1, -0.05) is 0 Å². The van der Waals surface area contributed by atoms with E-state index in [1.807, 2.05) is 0 Å². The number of rotatable bonds is 2. The van der Waals surface area contributed by atoms with Crippen molar-refractivity contribution in [2.75, 3.05) is 6.61 Å². The van der Waals surface area contributed by atoms with E-state index in [2.05, 4.69) is 26.1 Å². The van der Waals surface area contributed by atoms with Crippen molar-refractivity contribution in [2.45, 2.75) is 6.92 Å². The topological polar surface area (TPSA) is 55.0 Å². The van der Waals surface area contributed by atoms with Crippen LogP contribution >= 0.6 is 15.9 Å². The van der Waals surface area contributed by atoms with Gasteiger partial charge >= 0.3 is 5.97 Å². The third kappa shape index (κ3) is 1.69. The van der Waals surface area contributed by atoms with Crippen LogP contribution < -0.4 is 0 Å². The van der Waals surface area contributed by atoms with Crippen LogP contribution in [0.1, 0.15) is 17.4 Å². The molecule has 0 atom stereocenters. The smallest absolute Gasteiger partial charge is 0.356 e. The number of fused-ring (bicyclic) bond motifs is 1. The minimum Gasteiger partial charge on any atom is -0.461 e. The Kier molecular flexibility index (Phi) is 2.91. The van der Waals surface area contributed by atoms with Gasteiger partial charge in [0.1, 0.15) is 5.52 Å². The Labute approximate surface area is 98.9 Å². The van der Waals surface area contributed by atoms with Gasteiger partial charge in [0.25, 0.3) is 0 Å². The standard InChI is InChI=1S/C10H8BrFN2O2/c1-2-16-10(15)9-5-3-4-6(11)7(12)8(5)13-14-9/h3-4H,2H2,1H3,(H,13,14). The zero-order chi connectivity index (χ0) is 11.7. The van der Waals surface area contributed by atoms with Crippen molar-refractivity contribution in [1.82, 2.24) is 10.2 Å². The molecule has 0 unspecified atom stereocenters. The molecule has 0 aliphatic heterocycles. The van der Waals surface area contributed by atoms with Crippen LogP contribution in [-0.4, -0.2) is 22.8 Å². The SMILES string of the molecule is CCOC(=O)c1[nH]nc2c(F)c(Br)ccc12. The van der Waals surface area contributed by atoms with E-state index < -0.39 is 11.8 Å². The lowest BCUT2D eigenvalue weighted by molar-refractivity contribution is 0.0521. The van der Waals surface area contributed by atoms with Gasteiger partial charge in [-0.05, 0) is 35.0 Å². The molecule has 1 N–H and O–H groups in total. The fourth-order valence-electron chi connectivity index (χ4n) is 1.38. The Hall–Kier alpha value is -1.43. The number of esters is 1. The molecule has 16 heavy (non-hydrogen) atoms. The molecule has 0 fully saturated rings. The lowest BCUT2D eigenvalue weighted by Gasteiger charge is -1.99. The minimum atomic E-state index is -0.535. The number of carbonyl (C=O) groups excluding carboxylic acids is 1. The number of nitrogens with zero attached hydrogens (tertiary/aromatic N) is 1. The number of nitrogens with one attached hydrogen (secondary N) is 1. The minimum absolute atomic E-state index is 0.123. The van der Waals surface area contributed by atoms with Crippen LogP contribution in [0, 0.1) is 5.82 Å². The van der Waals surface area contributed by atoms with E-state index in [1.54, 1.807) is 13.0 Å². The van der Waals surface area contributed by atoms with E-state index in [4.69, 9.17) is 4.74 Å². The van der Waals surface area contributed by atoms with Crippen molar-refractivity contribution in [3.05, 3.63) is 28.1 Å². The van der Waals surface area contributed by atoms with Crippen molar-refractivity contribution >= 4 is 32.8 Å². The van der Waals surface area contributed by atoms with Gasteiger partial charge in [0, 0.05) is 5.39 Å². The summed E-state index contributed by atoms with van der Waals surface area (Å²) in [5.74, 6) is -1.03. The summed E-state index contributed by atoms with van der Waals surface area (Å²) < 4.78 is 18.7. The van der Waals surface area contributed by atoms with Crippen LogP contribution in [0.5, 0.6) is 0 Å². The van der Waals surface area contributed by atoms with Gasteiger partial charge in [-0.2, -0.15) is 5.10 Å². The Morgan fingerprint density at radius 3 is 3.06 bits per heavy atom. The van der Waals surface area contributed by atoms with Gasteiger partial charge in [-0.25, -0.2) is 9.18 Å². The monoisotopic (exact) mass is 286 g/mol. The number of benzene rings is 1. The third-order valence-corrected chi connectivity index (χ3v) is 2.71. The van der Waals surface area contributed by atoms with Crippen molar-refractivity contribution in [3.8, 4) is 0 Å². The average Bonchev–Trinajstić information content (AvgIpc) is 2.68.